The highest BCUT2D eigenvalue weighted by Gasteiger charge is 2.14. The molecule has 2 rings (SSSR count). The Labute approximate surface area is 144 Å². The van der Waals surface area contributed by atoms with Crippen molar-refractivity contribution in [3.05, 3.63) is 29.8 Å². The summed E-state index contributed by atoms with van der Waals surface area (Å²) in [5.74, 6) is 1.46. The van der Waals surface area contributed by atoms with Crippen molar-refractivity contribution in [2.24, 2.45) is 4.99 Å². The minimum atomic E-state index is -0.0883. The minimum absolute atomic E-state index is 0.0883. The third-order valence-corrected chi connectivity index (χ3v) is 4.22. The van der Waals surface area contributed by atoms with E-state index in [2.05, 4.69) is 20.9 Å². The van der Waals surface area contributed by atoms with Gasteiger partial charge in [-0.25, -0.2) is 0 Å². The van der Waals surface area contributed by atoms with Gasteiger partial charge < -0.3 is 20.7 Å². The van der Waals surface area contributed by atoms with Crippen molar-refractivity contribution < 1.29 is 9.53 Å². The topological polar surface area (TPSA) is 74.8 Å². The highest BCUT2D eigenvalue weighted by Crippen LogP contribution is 2.17. The van der Waals surface area contributed by atoms with Crippen molar-refractivity contribution in [1.82, 2.24) is 16.0 Å². The van der Waals surface area contributed by atoms with Crippen LogP contribution in [0.1, 0.15) is 42.5 Å². The molecule has 1 aliphatic carbocycles. The van der Waals surface area contributed by atoms with Gasteiger partial charge in [-0.3, -0.25) is 9.79 Å². The highest BCUT2D eigenvalue weighted by molar-refractivity contribution is 5.94. The van der Waals surface area contributed by atoms with E-state index in [9.17, 15) is 4.79 Å². The molecule has 6 nitrogen and oxygen atoms in total. The molecule has 1 saturated carbocycles. The number of carbonyl (C=O) groups excluding carboxylic acids is 1. The van der Waals surface area contributed by atoms with Crippen LogP contribution in [0.4, 0.5) is 0 Å². The number of benzene rings is 1. The molecular formula is C18H28N4O2. The van der Waals surface area contributed by atoms with E-state index in [1.54, 1.807) is 38.4 Å². The summed E-state index contributed by atoms with van der Waals surface area (Å²) in [6.45, 7) is 1.17. The molecule has 0 aliphatic heterocycles. The monoisotopic (exact) mass is 332 g/mol. The maximum absolute atomic E-state index is 12.0. The highest BCUT2D eigenvalue weighted by atomic mass is 16.5. The predicted octanol–water partition coefficient (Wildman–Crippen LogP) is 1.92. The third kappa shape index (κ3) is 5.76. The molecule has 1 amide bonds. The average molecular weight is 332 g/mol. The van der Waals surface area contributed by atoms with Crippen molar-refractivity contribution in [3.8, 4) is 5.75 Å². The molecule has 24 heavy (non-hydrogen) atoms. The van der Waals surface area contributed by atoms with Crippen LogP contribution in [0.25, 0.3) is 0 Å². The summed E-state index contributed by atoms with van der Waals surface area (Å²) >= 11 is 0. The van der Waals surface area contributed by atoms with Gasteiger partial charge in [0.1, 0.15) is 5.75 Å². The number of amides is 1. The lowest BCUT2D eigenvalue weighted by molar-refractivity contribution is 0.0954. The maximum atomic E-state index is 12.0. The van der Waals surface area contributed by atoms with Crippen molar-refractivity contribution in [3.63, 3.8) is 0 Å². The number of methoxy groups -OCH3 is 1. The van der Waals surface area contributed by atoms with Crippen LogP contribution in [0.3, 0.4) is 0 Å². The zero-order chi connectivity index (χ0) is 17.2. The fraction of sp³-hybridized carbons (Fsp3) is 0.556. The zero-order valence-corrected chi connectivity index (χ0v) is 14.6. The van der Waals surface area contributed by atoms with E-state index in [0.29, 0.717) is 24.7 Å². The van der Waals surface area contributed by atoms with Crippen LogP contribution < -0.4 is 20.7 Å². The molecule has 0 atom stereocenters. The van der Waals surface area contributed by atoms with E-state index in [1.807, 2.05) is 0 Å². The Morgan fingerprint density at radius 3 is 2.42 bits per heavy atom. The summed E-state index contributed by atoms with van der Waals surface area (Å²) in [7, 11) is 3.38. The summed E-state index contributed by atoms with van der Waals surface area (Å²) < 4.78 is 5.09. The van der Waals surface area contributed by atoms with Gasteiger partial charge in [-0.15, -0.1) is 0 Å². The van der Waals surface area contributed by atoms with Gasteiger partial charge >= 0.3 is 0 Å². The Morgan fingerprint density at radius 1 is 1.12 bits per heavy atom. The van der Waals surface area contributed by atoms with Crippen LogP contribution >= 0.6 is 0 Å². The maximum Gasteiger partial charge on any atom is 0.251 e. The first-order valence-electron chi connectivity index (χ1n) is 8.62. The van der Waals surface area contributed by atoms with E-state index in [0.717, 1.165) is 11.7 Å². The quantitative estimate of drug-likeness (QED) is 0.423. The summed E-state index contributed by atoms with van der Waals surface area (Å²) in [6.07, 6.45) is 6.31. The molecule has 3 N–H and O–H groups in total. The molecule has 132 valence electrons. The van der Waals surface area contributed by atoms with Crippen LogP contribution in [0.15, 0.2) is 29.3 Å². The number of guanidine groups is 1. The van der Waals surface area contributed by atoms with Crippen LogP contribution in [-0.2, 0) is 0 Å². The van der Waals surface area contributed by atoms with Gasteiger partial charge in [0.25, 0.3) is 5.91 Å². The number of carbonyl (C=O) groups is 1. The first-order valence-corrected chi connectivity index (χ1v) is 8.62. The molecule has 0 radical (unpaired) electrons. The SMILES string of the molecule is CN=C(NCCNC(=O)c1ccc(OC)cc1)NC1CCCCC1. The fourth-order valence-electron chi connectivity index (χ4n) is 2.84. The van der Waals surface area contributed by atoms with Gasteiger partial charge in [0, 0.05) is 31.7 Å². The van der Waals surface area contributed by atoms with Gasteiger partial charge in [-0.1, -0.05) is 19.3 Å². The van der Waals surface area contributed by atoms with Gasteiger partial charge in [0.2, 0.25) is 0 Å². The molecule has 6 heteroatoms. The van der Waals surface area contributed by atoms with Crippen LogP contribution in [0.2, 0.25) is 0 Å². The molecular weight excluding hydrogens is 304 g/mol. The fourth-order valence-corrected chi connectivity index (χ4v) is 2.84. The van der Waals surface area contributed by atoms with Gasteiger partial charge in [-0.2, -0.15) is 0 Å². The van der Waals surface area contributed by atoms with E-state index in [-0.39, 0.29) is 5.91 Å². The molecule has 1 fully saturated rings. The number of hydrogen-bond acceptors (Lipinski definition) is 3. The van der Waals surface area contributed by atoms with E-state index < -0.39 is 0 Å². The van der Waals surface area contributed by atoms with E-state index >= 15 is 0 Å². The molecule has 0 saturated heterocycles. The Kier molecular flexibility index (Phi) is 7.39. The van der Waals surface area contributed by atoms with E-state index in [4.69, 9.17) is 4.74 Å². The van der Waals surface area contributed by atoms with Crippen molar-refractivity contribution in [2.75, 3.05) is 27.2 Å². The summed E-state index contributed by atoms with van der Waals surface area (Å²) in [6, 6.07) is 7.58. The first-order chi connectivity index (χ1) is 11.7. The summed E-state index contributed by atoms with van der Waals surface area (Å²) in [5.41, 5.74) is 0.625. The van der Waals surface area contributed by atoms with Crippen LogP contribution in [-0.4, -0.2) is 45.2 Å². The summed E-state index contributed by atoms with van der Waals surface area (Å²) in [4.78, 5) is 16.3. The standard InChI is InChI=1S/C18H28N4O2/c1-19-18(22-15-6-4-3-5-7-15)21-13-12-20-17(23)14-8-10-16(24-2)11-9-14/h8-11,15H,3-7,12-13H2,1-2H3,(H,20,23)(H2,19,21,22). The van der Waals surface area contributed by atoms with Crippen molar-refractivity contribution >= 4 is 11.9 Å². The molecule has 1 aliphatic rings. The largest absolute Gasteiger partial charge is 0.497 e. The van der Waals surface area contributed by atoms with Gasteiger partial charge in [0.15, 0.2) is 5.96 Å². The number of nitrogens with one attached hydrogen (secondary N) is 3. The number of nitrogens with zero attached hydrogens (tertiary/aromatic N) is 1. The second-order valence-corrected chi connectivity index (χ2v) is 5.96. The second kappa shape index (κ2) is 9.80. The normalized spacial score (nSPS) is 15.7. The number of hydrogen-bond donors (Lipinski definition) is 3. The average Bonchev–Trinajstić information content (AvgIpc) is 2.65. The van der Waals surface area contributed by atoms with Gasteiger partial charge in [0.05, 0.1) is 7.11 Å². The molecule has 0 unspecified atom stereocenters. The Morgan fingerprint density at radius 2 is 1.79 bits per heavy atom. The lowest BCUT2D eigenvalue weighted by atomic mass is 9.96. The predicted molar refractivity (Wildman–Crippen MR) is 96.7 cm³/mol. The lowest BCUT2D eigenvalue weighted by Crippen LogP contribution is -2.46. The molecule has 0 bridgehead atoms. The van der Waals surface area contributed by atoms with Crippen LogP contribution in [0.5, 0.6) is 5.75 Å². The zero-order valence-electron chi connectivity index (χ0n) is 14.6. The Balaban J connectivity index is 1.67. The second-order valence-electron chi connectivity index (χ2n) is 5.96. The van der Waals surface area contributed by atoms with Gasteiger partial charge in [-0.05, 0) is 37.1 Å². The van der Waals surface area contributed by atoms with E-state index in [1.165, 1.54) is 32.1 Å². The molecule has 1 aromatic rings. The molecule has 1 aromatic carbocycles. The molecule has 0 aromatic heterocycles. The first kappa shape index (κ1) is 18.1. The molecule has 0 heterocycles. The summed E-state index contributed by atoms with van der Waals surface area (Å²) in [5, 5.41) is 9.59. The lowest BCUT2D eigenvalue weighted by Gasteiger charge is -2.24. The van der Waals surface area contributed by atoms with Crippen molar-refractivity contribution in [1.29, 1.82) is 0 Å². The van der Waals surface area contributed by atoms with Crippen LogP contribution in [0, 0.1) is 0 Å². The Hall–Kier alpha value is -2.24. The number of ether oxygens (including phenoxy) is 1. The molecule has 0 spiro atoms. The smallest absolute Gasteiger partial charge is 0.251 e. The number of rotatable bonds is 6. The van der Waals surface area contributed by atoms with Crippen molar-refractivity contribution in [2.45, 2.75) is 38.1 Å². The Bertz CT molecular complexity index is 536. The number of aliphatic imine (C=N–C) groups is 1. The minimum Gasteiger partial charge on any atom is -0.497 e. The third-order valence-electron chi connectivity index (χ3n) is 4.22.